The van der Waals surface area contributed by atoms with Gasteiger partial charge in [-0.05, 0) is 36.1 Å². The van der Waals surface area contributed by atoms with E-state index in [4.69, 9.17) is 11.6 Å². The third-order valence-electron chi connectivity index (χ3n) is 3.04. The Morgan fingerprint density at radius 2 is 1.83 bits per heavy atom. The Kier molecular flexibility index (Phi) is 3.06. The van der Waals surface area contributed by atoms with Crippen LogP contribution in [0.2, 0.25) is 5.02 Å². The molecule has 2 aromatic carbocycles. The van der Waals surface area contributed by atoms with Gasteiger partial charge < -0.3 is 4.98 Å². The zero-order valence-corrected chi connectivity index (χ0v) is 11.5. The van der Waals surface area contributed by atoms with Gasteiger partial charge in [0.2, 0.25) is 0 Å². The van der Waals surface area contributed by atoms with E-state index in [-0.39, 0.29) is 0 Å². The van der Waals surface area contributed by atoms with E-state index < -0.39 is 0 Å². The summed E-state index contributed by atoms with van der Waals surface area (Å²) < 4.78 is 0. The summed E-state index contributed by atoms with van der Waals surface area (Å²) >= 11 is 7.71. The fraction of sp³-hybridized carbons (Fsp3) is 0.0667. The van der Waals surface area contributed by atoms with Crippen molar-refractivity contribution in [3.05, 3.63) is 53.7 Å². The number of H-pyrrole nitrogens is 1. The number of aromatic amines is 1. The van der Waals surface area contributed by atoms with Crippen LogP contribution in [0.3, 0.4) is 0 Å². The molecule has 90 valence electrons. The van der Waals surface area contributed by atoms with Gasteiger partial charge in [-0.25, -0.2) is 0 Å². The number of aromatic nitrogens is 1. The van der Waals surface area contributed by atoms with E-state index in [9.17, 15) is 0 Å². The molecule has 0 radical (unpaired) electrons. The summed E-state index contributed by atoms with van der Waals surface area (Å²) in [5.41, 5.74) is 3.59. The zero-order chi connectivity index (χ0) is 12.5. The summed E-state index contributed by atoms with van der Waals surface area (Å²) in [6.45, 7) is 0. The number of hydrogen-bond acceptors (Lipinski definition) is 1. The third-order valence-corrected chi connectivity index (χ3v) is 4.07. The molecule has 0 aliphatic rings. The highest BCUT2D eigenvalue weighted by Crippen LogP contribution is 2.35. The quantitative estimate of drug-likeness (QED) is 0.634. The monoisotopic (exact) mass is 273 g/mol. The van der Waals surface area contributed by atoms with Crippen LogP contribution in [0.15, 0.2) is 53.6 Å². The van der Waals surface area contributed by atoms with Gasteiger partial charge in [-0.3, -0.25) is 0 Å². The topological polar surface area (TPSA) is 15.8 Å². The van der Waals surface area contributed by atoms with Crippen molar-refractivity contribution in [2.45, 2.75) is 4.90 Å². The van der Waals surface area contributed by atoms with Crippen LogP contribution in [0.25, 0.3) is 22.0 Å². The van der Waals surface area contributed by atoms with Crippen molar-refractivity contribution < 1.29 is 0 Å². The van der Waals surface area contributed by atoms with E-state index in [0.29, 0.717) is 0 Å². The molecule has 0 aliphatic carbocycles. The minimum absolute atomic E-state index is 0.767. The minimum Gasteiger partial charge on any atom is -0.361 e. The van der Waals surface area contributed by atoms with Gasteiger partial charge in [0.25, 0.3) is 0 Å². The molecule has 1 N–H and O–H groups in total. The predicted octanol–water partition coefficient (Wildman–Crippen LogP) is 5.21. The lowest BCUT2D eigenvalue weighted by atomic mass is 10.1. The molecule has 1 aromatic heterocycles. The smallest absolute Gasteiger partial charge is 0.0471 e. The molecule has 3 rings (SSSR count). The second kappa shape index (κ2) is 4.71. The zero-order valence-electron chi connectivity index (χ0n) is 9.91. The second-order valence-electron chi connectivity index (χ2n) is 4.09. The fourth-order valence-electron chi connectivity index (χ4n) is 2.18. The van der Waals surface area contributed by atoms with Crippen molar-refractivity contribution in [3.63, 3.8) is 0 Å². The molecule has 1 heterocycles. The summed E-state index contributed by atoms with van der Waals surface area (Å²) in [7, 11) is 0. The van der Waals surface area contributed by atoms with E-state index in [1.807, 2.05) is 12.1 Å². The molecule has 3 aromatic rings. The molecular weight excluding hydrogens is 262 g/mol. The molecular formula is C15H12ClNS. The highest BCUT2D eigenvalue weighted by atomic mass is 35.5. The van der Waals surface area contributed by atoms with Crippen LogP contribution in [-0.2, 0) is 0 Å². The van der Waals surface area contributed by atoms with E-state index in [1.54, 1.807) is 11.8 Å². The summed E-state index contributed by atoms with van der Waals surface area (Å²) in [6.07, 6.45) is 4.17. The molecule has 0 fully saturated rings. The first-order valence-electron chi connectivity index (χ1n) is 5.69. The molecule has 1 nitrogen and oxygen atoms in total. The Balaban J connectivity index is 2.26. The van der Waals surface area contributed by atoms with Crippen LogP contribution >= 0.6 is 23.4 Å². The number of halogens is 1. The summed E-state index contributed by atoms with van der Waals surface area (Å²) in [4.78, 5) is 4.62. The average Bonchev–Trinajstić information content (AvgIpc) is 2.83. The lowest BCUT2D eigenvalue weighted by Crippen LogP contribution is -1.78. The molecule has 0 aliphatic heterocycles. The number of benzene rings is 2. The number of rotatable bonds is 2. The van der Waals surface area contributed by atoms with Gasteiger partial charge in [0.15, 0.2) is 0 Å². The highest BCUT2D eigenvalue weighted by Gasteiger charge is 2.09. The summed E-state index contributed by atoms with van der Waals surface area (Å²) in [6, 6.07) is 14.3. The van der Waals surface area contributed by atoms with Gasteiger partial charge in [0.1, 0.15) is 0 Å². The number of hydrogen-bond donors (Lipinski definition) is 1. The van der Waals surface area contributed by atoms with Crippen molar-refractivity contribution in [1.82, 2.24) is 4.98 Å². The van der Waals surface area contributed by atoms with Crippen LogP contribution in [-0.4, -0.2) is 11.2 Å². The first-order chi connectivity index (χ1) is 8.79. The number of fused-ring (bicyclic) bond motifs is 1. The lowest BCUT2D eigenvalue weighted by molar-refractivity contribution is 1.46. The highest BCUT2D eigenvalue weighted by molar-refractivity contribution is 7.98. The molecule has 0 spiro atoms. The first kappa shape index (κ1) is 11.7. The Hall–Kier alpha value is -1.38. The van der Waals surface area contributed by atoms with Gasteiger partial charge in [-0.2, -0.15) is 0 Å². The fourth-order valence-corrected chi connectivity index (χ4v) is 2.94. The summed E-state index contributed by atoms with van der Waals surface area (Å²) in [5, 5.41) is 2.05. The molecule has 0 saturated carbocycles. The van der Waals surface area contributed by atoms with Crippen LogP contribution in [0.1, 0.15) is 0 Å². The van der Waals surface area contributed by atoms with Gasteiger partial charge in [-0.15, -0.1) is 11.8 Å². The Morgan fingerprint density at radius 1 is 1.06 bits per heavy atom. The predicted molar refractivity (Wildman–Crippen MR) is 80.5 cm³/mol. The average molecular weight is 274 g/mol. The lowest BCUT2D eigenvalue weighted by Gasteiger charge is -2.04. The molecule has 0 atom stereocenters. The standard InChI is InChI=1S/C15H12ClNS/c1-18-14-4-2-3-13-15(14)12(9-17-13)10-5-7-11(16)8-6-10/h2-9,17H,1H3. The van der Waals surface area contributed by atoms with E-state index >= 15 is 0 Å². The Morgan fingerprint density at radius 3 is 2.56 bits per heavy atom. The second-order valence-corrected chi connectivity index (χ2v) is 5.38. The van der Waals surface area contributed by atoms with Crippen LogP contribution in [0, 0.1) is 0 Å². The molecule has 0 saturated heterocycles. The normalized spacial score (nSPS) is 11.0. The van der Waals surface area contributed by atoms with Crippen molar-refractivity contribution >= 4 is 34.3 Å². The molecule has 0 unspecified atom stereocenters. The molecule has 18 heavy (non-hydrogen) atoms. The van der Waals surface area contributed by atoms with Crippen LogP contribution in [0.4, 0.5) is 0 Å². The van der Waals surface area contributed by atoms with Crippen LogP contribution in [0.5, 0.6) is 0 Å². The minimum atomic E-state index is 0.767. The molecule has 0 bridgehead atoms. The van der Waals surface area contributed by atoms with Gasteiger partial charge in [-0.1, -0.05) is 29.8 Å². The Bertz CT molecular complexity index is 685. The maximum Gasteiger partial charge on any atom is 0.0471 e. The Labute approximate surface area is 115 Å². The SMILES string of the molecule is CSc1cccc2[nH]cc(-c3ccc(Cl)cc3)c12. The van der Waals surface area contributed by atoms with E-state index in [2.05, 4.69) is 47.8 Å². The number of nitrogens with one attached hydrogen (secondary N) is 1. The maximum atomic E-state index is 5.94. The van der Waals surface area contributed by atoms with Crippen molar-refractivity contribution in [2.75, 3.05) is 6.26 Å². The number of thioether (sulfide) groups is 1. The summed E-state index contributed by atoms with van der Waals surface area (Å²) in [5.74, 6) is 0. The van der Waals surface area contributed by atoms with Crippen molar-refractivity contribution in [3.8, 4) is 11.1 Å². The largest absolute Gasteiger partial charge is 0.361 e. The molecule has 0 amide bonds. The molecule has 3 heteroatoms. The van der Waals surface area contributed by atoms with E-state index in [0.717, 1.165) is 5.02 Å². The van der Waals surface area contributed by atoms with Gasteiger partial charge >= 0.3 is 0 Å². The van der Waals surface area contributed by atoms with Gasteiger partial charge in [0, 0.05) is 32.6 Å². The van der Waals surface area contributed by atoms with E-state index in [1.165, 1.54) is 26.9 Å². The first-order valence-corrected chi connectivity index (χ1v) is 7.30. The maximum absolute atomic E-state index is 5.94. The van der Waals surface area contributed by atoms with Crippen LogP contribution < -0.4 is 0 Å². The third kappa shape index (κ3) is 1.92. The van der Waals surface area contributed by atoms with Gasteiger partial charge in [0.05, 0.1) is 0 Å². The van der Waals surface area contributed by atoms with Crippen molar-refractivity contribution in [2.24, 2.45) is 0 Å². The van der Waals surface area contributed by atoms with Crippen molar-refractivity contribution in [1.29, 1.82) is 0 Å².